The fourth-order valence-electron chi connectivity index (χ4n) is 2.85. The Balaban J connectivity index is 1.86. The van der Waals surface area contributed by atoms with Gasteiger partial charge in [-0.1, -0.05) is 0 Å². The molecule has 1 atom stereocenters. The van der Waals surface area contributed by atoms with Crippen molar-refractivity contribution in [1.29, 1.82) is 0 Å². The standard InChI is InChI=1S/C13H18N4O2/c1-2-15-8-10(7-14-15)17-9-12(18)16-6-4-3-5-11(16)13(17)19/h7-8,11H,2-6,9H2,1H3. The Morgan fingerprint density at radius 1 is 1.37 bits per heavy atom. The van der Waals surface area contributed by atoms with Gasteiger partial charge in [0.05, 0.1) is 11.9 Å². The summed E-state index contributed by atoms with van der Waals surface area (Å²) < 4.78 is 1.76. The van der Waals surface area contributed by atoms with Gasteiger partial charge in [0, 0.05) is 19.3 Å². The van der Waals surface area contributed by atoms with Gasteiger partial charge in [0.1, 0.15) is 12.6 Å². The number of rotatable bonds is 2. The molecule has 0 saturated carbocycles. The second kappa shape index (κ2) is 4.68. The Bertz CT molecular complexity index is 510. The fourth-order valence-corrected chi connectivity index (χ4v) is 2.85. The molecule has 2 aliphatic heterocycles. The van der Waals surface area contributed by atoms with E-state index in [0.29, 0.717) is 0 Å². The highest BCUT2D eigenvalue weighted by atomic mass is 16.2. The number of nitrogens with zero attached hydrogens (tertiary/aromatic N) is 4. The Morgan fingerprint density at radius 3 is 2.95 bits per heavy atom. The minimum absolute atomic E-state index is 0.0370. The summed E-state index contributed by atoms with van der Waals surface area (Å²) in [7, 11) is 0. The van der Waals surface area contributed by atoms with Crippen molar-refractivity contribution in [3.05, 3.63) is 12.4 Å². The predicted molar refractivity (Wildman–Crippen MR) is 69.6 cm³/mol. The molecule has 0 aromatic carbocycles. The molecule has 6 nitrogen and oxygen atoms in total. The lowest BCUT2D eigenvalue weighted by atomic mass is 9.98. The zero-order valence-corrected chi connectivity index (χ0v) is 11.1. The molecule has 0 spiro atoms. The van der Waals surface area contributed by atoms with Crippen LogP contribution >= 0.6 is 0 Å². The molecule has 0 N–H and O–H groups in total. The van der Waals surface area contributed by atoms with Crippen LogP contribution in [-0.2, 0) is 16.1 Å². The van der Waals surface area contributed by atoms with Gasteiger partial charge in [-0.15, -0.1) is 0 Å². The third-order valence-electron chi connectivity index (χ3n) is 3.92. The topological polar surface area (TPSA) is 58.4 Å². The zero-order chi connectivity index (χ0) is 13.4. The fraction of sp³-hybridized carbons (Fsp3) is 0.615. The van der Waals surface area contributed by atoms with Gasteiger partial charge in [-0.05, 0) is 26.2 Å². The number of hydrogen-bond acceptors (Lipinski definition) is 3. The number of piperazine rings is 1. The lowest BCUT2D eigenvalue weighted by molar-refractivity contribution is -0.144. The van der Waals surface area contributed by atoms with Crippen LogP contribution in [0.15, 0.2) is 12.4 Å². The van der Waals surface area contributed by atoms with E-state index in [1.54, 1.807) is 20.7 Å². The van der Waals surface area contributed by atoms with Crippen LogP contribution in [0.4, 0.5) is 5.69 Å². The molecule has 6 heteroatoms. The van der Waals surface area contributed by atoms with E-state index in [0.717, 1.165) is 38.0 Å². The van der Waals surface area contributed by atoms with Gasteiger partial charge < -0.3 is 4.90 Å². The summed E-state index contributed by atoms with van der Waals surface area (Å²) in [4.78, 5) is 28.0. The third kappa shape index (κ3) is 2.01. The van der Waals surface area contributed by atoms with Crippen LogP contribution in [0.1, 0.15) is 26.2 Å². The van der Waals surface area contributed by atoms with Crippen molar-refractivity contribution in [2.75, 3.05) is 18.0 Å². The lowest BCUT2D eigenvalue weighted by Gasteiger charge is -2.42. The number of carbonyl (C=O) groups is 2. The van der Waals surface area contributed by atoms with Crippen molar-refractivity contribution in [2.24, 2.45) is 0 Å². The maximum absolute atomic E-state index is 12.5. The Labute approximate surface area is 112 Å². The predicted octanol–water partition coefficient (Wildman–Crippen LogP) is 0.631. The molecule has 1 unspecified atom stereocenters. The van der Waals surface area contributed by atoms with Gasteiger partial charge >= 0.3 is 0 Å². The van der Waals surface area contributed by atoms with Crippen molar-refractivity contribution in [2.45, 2.75) is 38.8 Å². The summed E-state index contributed by atoms with van der Waals surface area (Å²) in [6.45, 7) is 3.61. The summed E-state index contributed by atoms with van der Waals surface area (Å²) >= 11 is 0. The summed E-state index contributed by atoms with van der Waals surface area (Å²) in [5.41, 5.74) is 0.727. The Morgan fingerprint density at radius 2 is 2.21 bits per heavy atom. The van der Waals surface area contributed by atoms with E-state index in [2.05, 4.69) is 5.10 Å². The van der Waals surface area contributed by atoms with Crippen LogP contribution in [0.5, 0.6) is 0 Å². The number of carbonyl (C=O) groups excluding carboxylic acids is 2. The number of aryl methyl sites for hydroxylation is 1. The van der Waals surface area contributed by atoms with E-state index in [1.165, 1.54) is 0 Å². The molecule has 0 aliphatic carbocycles. The molecule has 2 aliphatic rings. The van der Waals surface area contributed by atoms with E-state index < -0.39 is 0 Å². The van der Waals surface area contributed by atoms with Crippen molar-refractivity contribution in [3.8, 4) is 0 Å². The highest BCUT2D eigenvalue weighted by Gasteiger charge is 2.41. The van der Waals surface area contributed by atoms with E-state index in [-0.39, 0.29) is 24.4 Å². The number of piperidine rings is 1. The van der Waals surface area contributed by atoms with E-state index in [9.17, 15) is 9.59 Å². The van der Waals surface area contributed by atoms with Crippen LogP contribution in [0, 0.1) is 0 Å². The molecular weight excluding hydrogens is 244 g/mol. The summed E-state index contributed by atoms with van der Waals surface area (Å²) in [6.07, 6.45) is 6.28. The molecule has 102 valence electrons. The monoisotopic (exact) mass is 262 g/mol. The van der Waals surface area contributed by atoms with Gasteiger partial charge in [-0.25, -0.2) is 0 Å². The molecular formula is C13H18N4O2. The van der Waals surface area contributed by atoms with Gasteiger partial charge in [0.25, 0.3) is 0 Å². The highest BCUT2D eigenvalue weighted by molar-refractivity contribution is 6.06. The molecule has 2 amide bonds. The molecule has 3 rings (SSSR count). The maximum Gasteiger partial charge on any atom is 0.250 e. The van der Waals surface area contributed by atoms with Gasteiger partial charge in [0.15, 0.2) is 0 Å². The van der Waals surface area contributed by atoms with Crippen LogP contribution in [0.25, 0.3) is 0 Å². The second-order valence-electron chi connectivity index (χ2n) is 5.08. The summed E-state index contributed by atoms with van der Waals surface area (Å²) in [6, 6.07) is -0.264. The number of hydrogen-bond donors (Lipinski definition) is 0. The van der Waals surface area contributed by atoms with Crippen molar-refractivity contribution in [3.63, 3.8) is 0 Å². The number of fused-ring (bicyclic) bond motifs is 1. The average Bonchev–Trinajstić information content (AvgIpc) is 2.91. The molecule has 19 heavy (non-hydrogen) atoms. The molecule has 2 fully saturated rings. The SMILES string of the molecule is CCn1cc(N2CC(=O)N3CCCCC3C2=O)cn1. The number of aromatic nitrogens is 2. The maximum atomic E-state index is 12.5. The molecule has 0 bridgehead atoms. The van der Waals surface area contributed by atoms with Crippen LogP contribution < -0.4 is 4.90 Å². The Hall–Kier alpha value is -1.85. The first-order valence-corrected chi connectivity index (χ1v) is 6.84. The average molecular weight is 262 g/mol. The number of amides is 2. The number of anilines is 1. The van der Waals surface area contributed by atoms with Crippen molar-refractivity contribution < 1.29 is 9.59 Å². The van der Waals surface area contributed by atoms with Crippen LogP contribution in [0.2, 0.25) is 0 Å². The van der Waals surface area contributed by atoms with E-state index >= 15 is 0 Å². The minimum atomic E-state index is -0.264. The third-order valence-corrected chi connectivity index (χ3v) is 3.92. The molecule has 2 saturated heterocycles. The lowest BCUT2D eigenvalue weighted by Crippen LogP contribution is -2.61. The normalized spacial score (nSPS) is 23.7. The second-order valence-corrected chi connectivity index (χ2v) is 5.08. The summed E-state index contributed by atoms with van der Waals surface area (Å²) in [5, 5.41) is 4.17. The first-order valence-electron chi connectivity index (χ1n) is 6.84. The highest BCUT2D eigenvalue weighted by Crippen LogP contribution is 2.26. The first-order chi connectivity index (χ1) is 9.20. The van der Waals surface area contributed by atoms with E-state index in [4.69, 9.17) is 0 Å². The molecule has 0 radical (unpaired) electrons. The van der Waals surface area contributed by atoms with Crippen molar-refractivity contribution in [1.82, 2.24) is 14.7 Å². The van der Waals surface area contributed by atoms with Gasteiger partial charge in [-0.3, -0.25) is 19.2 Å². The van der Waals surface area contributed by atoms with Gasteiger partial charge in [-0.2, -0.15) is 5.10 Å². The van der Waals surface area contributed by atoms with Crippen molar-refractivity contribution >= 4 is 17.5 Å². The largest absolute Gasteiger partial charge is 0.329 e. The van der Waals surface area contributed by atoms with E-state index in [1.807, 2.05) is 13.1 Å². The van der Waals surface area contributed by atoms with Crippen LogP contribution in [0.3, 0.4) is 0 Å². The quantitative estimate of drug-likeness (QED) is 0.785. The van der Waals surface area contributed by atoms with Crippen LogP contribution in [-0.4, -0.2) is 45.6 Å². The molecule has 1 aromatic heterocycles. The molecule has 3 heterocycles. The van der Waals surface area contributed by atoms with Gasteiger partial charge in [0.2, 0.25) is 11.8 Å². The summed E-state index contributed by atoms with van der Waals surface area (Å²) in [5.74, 6) is 0.0866. The smallest absolute Gasteiger partial charge is 0.250 e. The zero-order valence-electron chi connectivity index (χ0n) is 11.1. The first kappa shape index (κ1) is 12.2. The minimum Gasteiger partial charge on any atom is -0.329 e. The molecule has 1 aromatic rings. The Kier molecular flexibility index (Phi) is 3.00.